The largest absolute Gasteiger partial charge is 0.309 e. The normalized spacial score (nSPS) is 11.8. The van der Waals surface area contributed by atoms with Crippen LogP contribution in [0.2, 0.25) is 0 Å². The molecule has 10 aromatic carbocycles. The fourth-order valence-corrected chi connectivity index (χ4v) is 15.4. The molecule has 0 radical (unpaired) electrons. The van der Waals surface area contributed by atoms with E-state index in [1.54, 1.807) is 0 Å². The van der Waals surface area contributed by atoms with Gasteiger partial charge < -0.3 is 9.13 Å². The molecule has 296 valence electrons. The third kappa shape index (κ3) is 5.93. The van der Waals surface area contributed by atoms with E-state index in [4.69, 9.17) is 0 Å². The van der Waals surface area contributed by atoms with E-state index in [1.807, 2.05) is 0 Å². The van der Waals surface area contributed by atoms with Crippen molar-refractivity contribution in [2.75, 3.05) is 0 Å². The molecule has 12 rings (SSSR count). The first kappa shape index (κ1) is 36.8. The minimum absolute atomic E-state index is 1.14. The van der Waals surface area contributed by atoms with E-state index in [0.717, 1.165) is 11.4 Å². The Hall–Kier alpha value is -7.98. The Kier molecular flexibility index (Phi) is 8.87. The van der Waals surface area contributed by atoms with Gasteiger partial charge >= 0.3 is 0 Å². The summed E-state index contributed by atoms with van der Waals surface area (Å²) in [5, 5.41) is 10.5. The first-order valence-electron chi connectivity index (χ1n) is 21.8. The molecule has 2 heterocycles. The summed E-state index contributed by atoms with van der Waals surface area (Å²) in [6, 6.07) is 94.3. The van der Waals surface area contributed by atoms with Crippen LogP contribution >= 0.6 is 0 Å². The van der Waals surface area contributed by atoms with Crippen LogP contribution in [0.1, 0.15) is 0 Å². The van der Waals surface area contributed by atoms with Crippen molar-refractivity contribution in [1.82, 2.24) is 9.13 Å². The zero-order valence-corrected chi connectivity index (χ0v) is 35.6. The molecule has 0 atom stereocenters. The maximum atomic E-state index is 2.51. The summed E-state index contributed by atoms with van der Waals surface area (Å²) in [6.07, 6.45) is 0. The van der Waals surface area contributed by atoms with Crippen LogP contribution in [-0.4, -0.2) is 17.2 Å². The molecule has 0 N–H and O–H groups in total. The van der Waals surface area contributed by atoms with Gasteiger partial charge in [-0.3, -0.25) is 0 Å². The van der Waals surface area contributed by atoms with Gasteiger partial charge in [0.2, 0.25) is 0 Å². The van der Waals surface area contributed by atoms with E-state index in [2.05, 4.69) is 264 Å². The molecule has 3 heteroatoms. The molecule has 0 amide bonds. The van der Waals surface area contributed by atoms with Crippen molar-refractivity contribution in [1.29, 1.82) is 0 Å². The van der Waals surface area contributed by atoms with Crippen LogP contribution in [0.15, 0.2) is 255 Å². The highest BCUT2D eigenvalue weighted by molar-refractivity contribution is 7.20. The van der Waals surface area contributed by atoms with E-state index < -0.39 is 8.07 Å². The number of benzene rings is 10. The van der Waals surface area contributed by atoms with Crippen molar-refractivity contribution in [3.8, 4) is 33.6 Å². The SMILES string of the molecule is c1ccc(-c2cccc(-n3c4ccccc4c4cc(-n5c6ccccc6c6c([Si](c7ccccc7)(c7ccccc7)c7cccc(-c8ccccc8)c7)cccc65)ccc43)c2)cc1. The number of nitrogens with zero attached hydrogens (tertiary/aromatic N) is 2. The zero-order chi connectivity index (χ0) is 41.7. The fourth-order valence-electron chi connectivity index (χ4n) is 10.3. The van der Waals surface area contributed by atoms with Gasteiger partial charge in [0.05, 0.1) is 22.1 Å². The monoisotopic (exact) mass is 818 g/mol. The number of fused-ring (bicyclic) bond motifs is 6. The Morgan fingerprint density at radius 2 is 0.698 bits per heavy atom. The molecule has 12 aromatic rings. The number of rotatable bonds is 8. The summed E-state index contributed by atoms with van der Waals surface area (Å²) in [6.45, 7) is 0. The van der Waals surface area contributed by atoms with Crippen LogP contribution in [-0.2, 0) is 0 Å². The molecule has 0 aliphatic rings. The van der Waals surface area contributed by atoms with E-state index in [-0.39, 0.29) is 0 Å². The lowest BCUT2D eigenvalue weighted by atomic mass is 10.1. The number of aromatic nitrogens is 2. The third-order valence-corrected chi connectivity index (χ3v) is 17.8. The summed E-state index contributed by atoms with van der Waals surface area (Å²) in [4.78, 5) is 0. The topological polar surface area (TPSA) is 9.86 Å². The van der Waals surface area contributed by atoms with Crippen molar-refractivity contribution in [2.24, 2.45) is 0 Å². The first-order chi connectivity index (χ1) is 31.3. The van der Waals surface area contributed by atoms with Gasteiger partial charge in [0.25, 0.3) is 0 Å². The second kappa shape index (κ2) is 15.2. The molecule has 63 heavy (non-hydrogen) atoms. The van der Waals surface area contributed by atoms with Gasteiger partial charge in [-0.2, -0.15) is 0 Å². The molecule has 0 aliphatic heterocycles. The summed E-state index contributed by atoms with van der Waals surface area (Å²) in [5.74, 6) is 0. The van der Waals surface area contributed by atoms with Crippen molar-refractivity contribution in [3.63, 3.8) is 0 Å². The van der Waals surface area contributed by atoms with Crippen molar-refractivity contribution in [3.05, 3.63) is 255 Å². The van der Waals surface area contributed by atoms with E-state index in [9.17, 15) is 0 Å². The van der Waals surface area contributed by atoms with Crippen LogP contribution in [0, 0.1) is 0 Å². The van der Waals surface area contributed by atoms with E-state index in [0.29, 0.717) is 0 Å². The quantitative estimate of drug-likeness (QED) is 0.107. The van der Waals surface area contributed by atoms with Gasteiger partial charge in [0.15, 0.2) is 8.07 Å². The summed E-state index contributed by atoms with van der Waals surface area (Å²) in [5.41, 5.74) is 11.9. The number of para-hydroxylation sites is 2. The second-order valence-electron chi connectivity index (χ2n) is 16.5. The number of hydrogen-bond donors (Lipinski definition) is 0. The van der Waals surface area contributed by atoms with Crippen LogP contribution in [0.5, 0.6) is 0 Å². The Labute approximate surface area is 368 Å². The Morgan fingerprint density at radius 3 is 1.37 bits per heavy atom. The smallest absolute Gasteiger partial charge is 0.180 e. The molecule has 0 aliphatic carbocycles. The highest BCUT2D eigenvalue weighted by atomic mass is 28.3. The van der Waals surface area contributed by atoms with Crippen LogP contribution < -0.4 is 20.7 Å². The van der Waals surface area contributed by atoms with Crippen molar-refractivity contribution in [2.45, 2.75) is 0 Å². The fraction of sp³-hybridized carbons (Fsp3) is 0. The highest BCUT2D eigenvalue weighted by Crippen LogP contribution is 2.38. The second-order valence-corrected chi connectivity index (χ2v) is 20.2. The molecule has 0 fully saturated rings. The molecular formula is C60H42N2Si. The summed E-state index contributed by atoms with van der Waals surface area (Å²) in [7, 11) is -2.99. The first-order valence-corrected chi connectivity index (χ1v) is 23.8. The van der Waals surface area contributed by atoms with Gasteiger partial charge in [0, 0.05) is 32.9 Å². The average Bonchev–Trinajstić information content (AvgIpc) is 3.89. The van der Waals surface area contributed by atoms with Gasteiger partial charge in [-0.25, -0.2) is 0 Å². The molecule has 0 saturated carbocycles. The van der Waals surface area contributed by atoms with Crippen molar-refractivity contribution < 1.29 is 0 Å². The Morgan fingerprint density at radius 1 is 0.254 bits per heavy atom. The molecule has 0 bridgehead atoms. The summed E-state index contributed by atoms with van der Waals surface area (Å²) < 4.78 is 4.93. The van der Waals surface area contributed by atoms with Crippen LogP contribution in [0.3, 0.4) is 0 Å². The molecule has 0 spiro atoms. The maximum Gasteiger partial charge on any atom is 0.180 e. The lowest BCUT2D eigenvalue weighted by molar-refractivity contribution is 1.17. The lowest BCUT2D eigenvalue weighted by Gasteiger charge is -2.35. The minimum atomic E-state index is -2.99. The predicted molar refractivity (Wildman–Crippen MR) is 270 cm³/mol. The van der Waals surface area contributed by atoms with Gasteiger partial charge in [-0.15, -0.1) is 0 Å². The van der Waals surface area contributed by atoms with E-state index >= 15 is 0 Å². The average molecular weight is 819 g/mol. The van der Waals surface area contributed by atoms with Crippen LogP contribution in [0.25, 0.3) is 77.2 Å². The zero-order valence-electron chi connectivity index (χ0n) is 34.6. The molecule has 0 saturated heterocycles. The highest BCUT2D eigenvalue weighted by Gasteiger charge is 2.43. The van der Waals surface area contributed by atoms with Crippen LogP contribution in [0.4, 0.5) is 0 Å². The van der Waals surface area contributed by atoms with E-state index in [1.165, 1.54) is 86.6 Å². The molecular weight excluding hydrogens is 777 g/mol. The molecule has 2 nitrogen and oxygen atoms in total. The number of hydrogen-bond acceptors (Lipinski definition) is 0. The van der Waals surface area contributed by atoms with Gasteiger partial charge in [-0.1, -0.05) is 206 Å². The molecule has 2 aromatic heterocycles. The third-order valence-electron chi connectivity index (χ3n) is 13.0. The standard InChI is InChI=1S/C60H42N2Si/c1-5-20-43(21-6-1)45-24-17-26-47(40-45)61-55-34-15-13-32-52(55)54-42-48(38-39-57(54)61)62-56-35-16-14-33-53(56)60-58(62)36-19-37-59(60)63(49-27-9-3-10-28-49,50-29-11-4-12-30-50)51-31-18-25-46(41-51)44-22-7-2-8-23-44/h1-42H. The minimum Gasteiger partial charge on any atom is -0.309 e. The maximum absolute atomic E-state index is 2.99. The molecule has 0 unspecified atom stereocenters. The van der Waals surface area contributed by atoms with Crippen molar-refractivity contribution >= 4 is 72.4 Å². The Balaban J connectivity index is 1.13. The summed E-state index contributed by atoms with van der Waals surface area (Å²) >= 11 is 0. The Bertz CT molecular complexity index is 3570. The van der Waals surface area contributed by atoms with Gasteiger partial charge in [0.1, 0.15) is 0 Å². The predicted octanol–water partition coefficient (Wildman–Crippen LogP) is 12.6. The lowest BCUT2D eigenvalue weighted by Crippen LogP contribution is -2.74. The van der Waals surface area contributed by atoms with Gasteiger partial charge in [-0.05, 0) is 91.5 Å².